The summed E-state index contributed by atoms with van der Waals surface area (Å²) < 4.78 is 6.23. The maximum absolute atomic E-state index is 6.23. The second kappa shape index (κ2) is 7.56. The van der Waals surface area contributed by atoms with Crippen LogP contribution in [0.2, 0.25) is 0 Å². The first-order valence-electron chi connectivity index (χ1n) is 8.09. The fourth-order valence-corrected chi connectivity index (χ4v) is 4.10. The maximum atomic E-state index is 6.23. The van der Waals surface area contributed by atoms with Gasteiger partial charge in [-0.25, -0.2) is 9.97 Å². The van der Waals surface area contributed by atoms with Gasteiger partial charge in [-0.3, -0.25) is 4.90 Å². The van der Waals surface area contributed by atoms with E-state index in [1.54, 1.807) is 6.33 Å². The number of rotatable bonds is 5. The third-order valence-electron chi connectivity index (χ3n) is 4.34. The van der Waals surface area contributed by atoms with Gasteiger partial charge in [0.1, 0.15) is 6.33 Å². The first-order valence-corrected chi connectivity index (χ1v) is 9.24. The molecule has 0 spiro atoms. The summed E-state index contributed by atoms with van der Waals surface area (Å²) in [5.41, 5.74) is 2.25. The molecule has 5 heteroatoms. The van der Waals surface area contributed by atoms with Crippen LogP contribution in [0.15, 0.2) is 12.4 Å². The molecule has 2 aliphatic heterocycles. The lowest BCUT2D eigenvalue weighted by atomic mass is 10.1. The van der Waals surface area contributed by atoms with Crippen molar-refractivity contribution in [2.75, 3.05) is 31.1 Å². The quantitative estimate of drug-likeness (QED) is 0.833. The Morgan fingerprint density at radius 1 is 1.19 bits per heavy atom. The van der Waals surface area contributed by atoms with Gasteiger partial charge in [0.05, 0.1) is 12.2 Å². The average molecular weight is 307 g/mol. The zero-order valence-electron chi connectivity index (χ0n) is 12.8. The van der Waals surface area contributed by atoms with E-state index in [2.05, 4.69) is 39.6 Å². The highest BCUT2D eigenvalue weighted by molar-refractivity contribution is 7.99. The lowest BCUT2D eigenvalue weighted by Gasteiger charge is -2.28. The van der Waals surface area contributed by atoms with Crippen LogP contribution >= 0.6 is 11.8 Å². The minimum atomic E-state index is 0.341. The molecule has 0 amide bonds. The van der Waals surface area contributed by atoms with Crippen LogP contribution in [0, 0.1) is 0 Å². The van der Waals surface area contributed by atoms with Gasteiger partial charge < -0.3 is 4.74 Å². The zero-order valence-corrected chi connectivity index (χ0v) is 13.6. The van der Waals surface area contributed by atoms with Crippen molar-refractivity contribution in [3.63, 3.8) is 0 Å². The van der Waals surface area contributed by atoms with E-state index in [1.807, 2.05) is 0 Å². The average Bonchev–Trinajstić information content (AvgIpc) is 2.95. The Morgan fingerprint density at radius 3 is 2.76 bits per heavy atom. The molecule has 0 radical (unpaired) electrons. The van der Waals surface area contributed by atoms with Gasteiger partial charge in [-0.2, -0.15) is 11.8 Å². The van der Waals surface area contributed by atoms with E-state index in [1.165, 1.54) is 37.4 Å². The first-order chi connectivity index (χ1) is 10.3. The van der Waals surface area contributed by atoms with E-state index in [4.69, 9.17) is 4.74 Å². The van der Waals surface area contributed by atoms with Crippen LogP contribution in [0.4, 0.5) is 0 Å². The molecule has 0 aliphatic carbocycles. The maximum Gasteiger partial charge on any atom is 0.115 e. The molecule has 0 N–H and O–H groups in total. The lowest BCUT2D eigenvalue weighted by molar-refractivity contribution is 0.0247. The number of aromatic nitrogens is 2. The molecule has 3 heterocycles. The minimum absolute atomic E-state index is 0.341. The number of ether oxygens (including phenoxy) is 1. The van der Waals surface area contributed by atoms with Crippen molar-refractivity contribution in [1.29, 1.82) is 0 Å². The van der Waals surface area contributed by atoms with E-state index >= 15 is 0 Å². The topological polar surface area (TPSA) is 38.2 Å². The van der Waals surface area contributed by atoms with Crippen molar-refractivity contribution >= 4 is 11.8 Å². The van der Waals surface area contributed by atoms with E-state index in [0.29, 0.717) is 12.2 Å². The summed E-state index contributed by atoms with van der Waals surface area (Å²) in [6, 6.07) is 2.12. The van der Waals surface area contributed by atoms with Crippen molar-refractivity contribution in [3.05, 3.63) is 23.8 Å². The minimum Gasteiger partial charge on any atom is -0.373 e. The van der Waals surface area contributed by atoms with Gasteiger partial charge in [0.2, 0.25) is 0 Å². The molecule has 2 fully saturated rings. The predicted molar refractivity (Wildman–Crippen MR) is 86.8 cm³/mol. The van der Waals surface area contributed by atoms with Gasteiger partial charge in [-0.1, -0.05) is 6.92 Å². The van der Waals surface area contributed by atoms with E-state index in [0.717, 1.165) is 30.8 Å². The third-order valence-corrected chi connectivity index (χ3v) is 5.28. The molecular formula is C16H25N3OS. The number of aryl methyl sites for hydroxylation is 1. The summed E-state index contributed by atoms with van der Waals surface area (Å²) in [4.78, 5) is 11.2. The molecule has 3 rings (SSSR count). The summed E-state index contributed by atoms with van der Waals surface area (Å²) >= 11 is 2.07. The zero-order chi connectivity index (χ0) is 14.5. The highest BCUT2D eigenvalue weighted by atomic mass is 32.2. The molecule has 1 aromatic rings. The van der Waals surface area contributed by atoms with Crippen LogP contribution in [0.3, 0.4) is 0 Å². The summed E-state index contributed by atoms with van der Waals surface area (Å²) in [5.74, 6) is 2.55. The predicted octanol–water partition coefficient (Wildman–Crippen LogP) is 2.18. The third kappa shape index (κ3) is 4.41. The Hall–Kier alpha value is -0.650. The van der Waals surface area contributed by atoms with Crippen molar-refractivity contribution in [2.45, 2.75) is 44.8 Å². The molecule has 4 nitrogen and oxygen atoms in total. The van der Waals surface area contributed by atoms with Crippen LogP contribution in [0.25, 0.3) is 0 Å². The molecule has 0 aromatic carbocycles. The van der Waals surface area contributed by atoms with Crippen LogP contribution < -0.4 is 0 Å². The fraction of sp³-hybridized carbons (Fsp3) is 0.750. The normalized spacial score (nSPS) is 27.1. The van der Waals surface area contributed by atoms with Gasteiger partial charge in [0, 0.05) is 48.9 Å². The largest absolute Gasteiger partial charge is 0.373 e. The smallest absolute Gasteiger partial charge is 0.115 e. The lowest BCUT2D eigenvalue weighted by Crippen LogP contribution is -2.38. The SMILES string of the molecule is CCc1cc(C[C@@H]2CC[C@H](CN3CCSCC3)O2)ncn1. The van der Waals surface area contributed by atoms with Crippen LogP contribution in [-0.2, 0) is 17.6 Å². The molecule has 0 bridgehead atoms. The molecule has 0 saturated carbocycles. The second-order valence-corrected chi connectivity index (χ2v) is 7.15. The van der Waals surface area contributed by atoms with Gasteiger partial charge in [-0.05, 0) is 25.3 Å². The van der Waals surface area contributed by atoms with Crippen molar-refractivity contribution in [2.24, 2.45) is 0 Å². The Balaban J connectivity index is 1.47. The fourth-order valence-electron chi connectivity index (χ4n) is 3.12. The standard InChI is InChI=1S/C16H25N3OS/c1-2-13-9-14(18-12-17-13)10-15-3-4-16(20-15)11-19-5-7-21-8-6-19/h9,12,15-16H,2-8,10-11H2,1H3/t15-,16+/m0/s1. The monoisotopic (exact) mass is 307 g/mol. The number of hydrogen-bond donors (Lipinski definition) is 0. The van der Waals surface area contributed by atoms with Gasteiger partial charge in [0.25, 0.3) is 0 Å². The molecule has 1 aromatic heterocycles. The molecule has 2 saturated heterocycles. The van der Waals surface area contributed by atoms with E-state index < -0.39 is 0 Å². The number of hydrogen-bond acceptors (Lipinski definition) is 5. The Bertz CT molecular complexity index is 451. The van der Waals surface area contributed by atoms with E-state index in [9.17, 15) is 0 Å². The number of nitrogens with zero attached hydrogens (tertiary/aromatic N) is 3. The summed E-state index contributed by atoms with van der Waals surface area (Å²) in [6.07, 6.45) is 6.71. The van der Waals surface area contributed by atoms with Crippen molar-refractivity contribution < 1.29 is 4.74 Å². The van der Waals surface area contributed by atoms with Gasteiger partial charge >= 0.3 is 0 Å². The summed E-state index contributed by atoms with van der Waals surface area (Å²) in [5, 5.41) is 0. The van der Waals surface area contributed by atoms with Crippen LogP contribution in [-0.4, -0.2) is 58.2 Å². The number of thioether (sulfide) groups is 1. The summed E-state index contributed by atoms with van der Waals surface area (Å²) in [7, 11) is 0. The Kier molecular flexibility index (Phi) is 5.49. The van der Waals surface area contributed by atoms with E-state index in [-0.39, 0.29) is 0 Å². The molecule has 116 valence electrons. The summed E-state index contributed by atoms with van der Waals surface area (Å²) in [6.45, 7) is 5.69. The Morgan fingerprint density at radius 2 is 1.95 bits per heavy atom. The molecular weight excluding hydrogens is 282 g/mol. The van der Waals surface area contributed by atoms with Crippen molar-refractivity contribution in [3.8, 4) is 0 Å². The highest BCUT2D eigenvalue weighted by Crippen LogP contribution is 2.24. The highest BCUT2D eigenvalue weighted by Gasteiger charge is 2.27. The molecule has 0 unspecified atom stereocenters. The Labute approximate surface area is 131 Å². The van der Waals surface area contributed by atoms with Crippen LogP contribution in [0.5, 0.6) is 0 Å². The van der Waals surface area contributed by atoms with Gasteiger partial charge in [0.15, 0.2) is 0 Å². The van der Waals surface area contributed by atoms with Crippen molar-refractivity contribution in [1.82, 2.24) is 14.9 Å². The molecule has 21 heavy (non-hydrogen) atoms. The van der Waals surface area contributed by atoms with Crippen LogP contribution in [0.1, 0.15) is 31.2 Å². The second-order valence-electron chi connectivity index (χ2n) is 5.93. The molecule has 2 atom stereocenters. The first kappa shape index (κ1) is 15.3. The van der Waals surface area contributed by atoms with Gasteiger partial charge in [-0.15, -0.1) is 0 Å². The molecule has 2 aliphatic rings.